The van der Waals surface area contributed by atoms with E-state index in [4.69, 9.17) is 5.11 Å². The van der Waals surface area contributed by atoms with Crippen molar-refractivity contribution in [3.8, 4) is 0 Å². The highest BCUT2D eigenvalue weighted by molar-refractivity contribution is 5.90. The van der Waals surface area contributed by atoms with Crippen LogP contribution in [0, 0.1) is 10.1 Å². The molecular formula is C12H12N4O4. The molecule has 2 N–H and O–H groups in total. The lowest BCUT2D eigenvalue weighted by Crippen LogP contribution is -2.05. The molecule has 20 heavy (non-hydrogen) atoms. The van der Waals surface area contributed by atoms with E-state index in [2.05, 4.69) is 10.4 Å². The zero-order chi connectivity index (χ0) is 14.7. The molecule has 1 aromatic heterocycles. The Morgan fingerprint density at radius 1 is 1.55 bits per heavy atom. The van der Waals surface area contributed by atoms with E-state index >= 15 is 0 Å². The van der Waals surface area contributed by atoms with Crippen LogP contribution in [0.25, 0.3) is 0 Å². The molecule has 8 heteroatoms. The van der Waals surface area contributed by atoms with Gasteiger partial charge in [-0.1, -0.05) is 0 Å². The van der Waals surface area contributed by atoms with Crippen LogP contribution in [0.4, 0.5) is 11.4 Å². The number of aromatic carboxylic acids is 1. The summed E-state index contributed by atoms with van der Waals surface area (Å²) < 4.78 is 1.61. The SMILES string of the molecule is Cn1cc(CNc2cc(C(=O)O)ccc2[N+](=O)[O-])cn1. The number of benzene rings is 1. The highest BCUT2D eigenvalue weighted by Gasteiger charge is 2.16. The molecule has 104 valence electrons. The Labute approximate surface area is 113 Å². The maximum atomic E-state index is 10.9. The lowest BCUT2D eigenvalue weighted by atomic mass is 10.1. The summed E-state index contributed by atoms with van der Waals surface area (Å²) in [5.74, 6) is -1.13. The van der Waals surface area contributed by atoms with Crippen LogP contribution in [-0.2, 0) is 13.6 Å². The Morgan fingerprint density at radius 2 is 2.30 bits per heavy atom. The first-order valence-corrected chi connectivity index (χ1v) is 5.70. The largest absolute Gasteiger partial charge is 0.478 e. The normalized spacial score (nSPS) is 10.2. The molecule has 2 rings (SSSR count). The van der Waals surface area contributed by atoms with Gasteiger partial charge in [-0.25, -0.2) is 4.79 Å². The minimum Gasteiger partial charge on any atom is -0.478 e. The molecule has 0 aliphatic rings. The number of rotatable bonds is 5. The van der Waals surface area contributed by atoms with Crippen LogP contribution in [-0.4, -0.2) is 25.8 Å². The van der Waals surface area contributed by atoms with Crippen molar-refractivity contribution in [1.82, 2.24) is 9.78 Å². The molecule has 0 unspecified atom stereocenters. The Bertz CT molecular complexity index is 665. The average molecular weight is 276 g/mol. The lowest BCUT2D eigenvalue weighted by molar-refractivity contribution is -0.384. The van der Waals surface area contributed by atoms with E-state index in [9.17, 15) is 14.9 Å². The quantitative estimate of drug-likeness (QED) is 0.634. The minimum atomic E-state index is -1.13. The zero-order valence-electron chi connectivity index (χ0n) is 10.6. The van der Waals surface area contributed by atoms with Gasteiger partial charge in [0.05, 0.1) is 16.7 Å². The first-order valence-electron chi connectivity index (χ1n) is 5.70. The molecule has 1 aromatic carbocycles. The second kappa shape index (κ2) is 5.39. The molecular weight excluding hydrogens is 264 g/mol. The number of carbonyl (C=O) groups is 1. The van der Waals surface area contributed by atoms with E-state index in [-0.39, 0.29) is 16.9 Å². The van der Waals surface area contributed by atoms with Crippen LogP contribution < -0.4 is 5.32 Å². The molecule has 0 spiro atoms. The van der Waals surface area contributed by atoms with Crippen LogP contribution in [0.1, 0.15) is 15.9 Å². The third-order valence-electron chi connectivity index (χ3n) is 2.68. The van der Waals surface area contributed by atoms with Gasteiger partial charge in [0.1, 0.15) is 5.69 Å². The van der Waals surface area contributed by atoms with Crippen molar-refractivity contribution >= 4 is 17.3 Å². The Balaban J connectivity index is 2.25. The summed E-state index contributed by atoms with van der Waals surface area (Å²) in [7, 11) is 1.76. The second-order valence-corrected chi connectivity index (χ2v) is 4.17. The van der Waals surface area contributed by atoms with Crippen LogP contribution in [0.5, 0.6) is 0 Å². The standard InChI is InChI=1S/C12H12N4O4/c1-15-7-8(6-14-15)5-13-10-4-9(12(17)18)2-3-11(10)16(19)20/h2-4,6-7,13H,5H2,1H3,(H,17,18). The number of carboxylic acids is 1. The fraction of sp³-hybridized carbons (Fsp3) is 0.167. The van der Waals surface area contributed by atoms with E-state index in [0.717, 1.165) is 5.56 Å². The molecule has 0 bridgehead atoms. The van der Waals surface area contributed by atoms with Gasteiger partial charge in [0.15, 0.2) is 0 Å². The van der Waals surface area contributed by atoms with Crippen molar-refractivity contribution < 1.29 is 14.8 Å². The summed E-state index contributed by atoms with van der Waals surface area (Å²) >= 11 is 0. The molecule has 0 aliphatic carbocycles. The third kappa shape index (κ3) is 2.91. The maximum absolute atomic E-state index is 10.9. The van der Waals surface area contributed by atoms with Crippen molar-refractivity contribution in [3.63, 3.8) is 0 Å². The van der Waals surface area contributed by atoms with Crippen LogP contribution >= 0.6 is 0 Å². The molecule has 2 aromatic rings. The number of anilines is 1. The van der Waals surface area contributed by atoms with Crippen molar-refractivity contribution in [2.45, 2.75) is 6.54 Å². The molecule has 0 radical (unpaired) electrons. The highest BCUT2D eigenvalue weighted by atomic mass is 16.6. The van der Waals surface area contributed by atoms with Gasteiger partial charge in [0.2, 0.25) is 0 Å². The smallest absolute Gasteiger partial charge is 0.335 e. The van der Waals surface area contributed by atoms with Crippen molar-refractivity contribution in [1.29, 1.82) is 0 Å². The number of hydrogen-bond donors (Lipinski definition) is 2. The van der Waals surface area contributed by atoms with Gasteiger partial charge in [-0.3, -0.25) is 14.8 Å². The first-order chi connectivity index (χ1) is 9.47. The number of carboxylic acid groups (broad SMARTS) is 1. The van der Waals surface area contributed by atoms with Crippen LogP contribution in [0.15, 0.2) is 30.6 Å². The van der Waals surface area contributed by atoms with Gasteiger partial charge in [-0.15, -0.1) is 0 Å². The van der Waals surface area contributed by atoms with Crippen molar-refractivity contribution in [3.05, 3.63) is 51.8 Å². The predicted molar refractivity (Wildman–Crippen MR) is 70.6 cm³/mol. The average Bonchev–Trinajstić information content (AvgIpc) is 2.81. The van der Waals surface area contributed by atoms with Gasteiger partial charge in [0.25, 0.3) is 5.69 Å². The van der Waals surface area contributed by atoms with Gasteiger partial charge in [-0.2, -0.15) is 5.10 Å². The number of hydrogen-bond acceptors (Lipinski definition) is 5. The molecule has 0 amide bonds. The summed E-state index contributed by atoms with van der Waals surface area (Å²) in [6, 6.07) is 3.63. The van der Waals surface area contributed by atoms with Gasteiger partial charge >= 0.3 is 5.97 Å². The van der Waals surface area contributed by atoms with Crippen LogP contribution in [0.2, 0.25) is 0 Å². The molecule has 8 nitrogen and oxygen atoms in total. The number of nitro benzene ring substituents is 1. The molecule has 0 aliphatic heterocycles. The summed E-state index contributed by atoms with van der Waals surface area (Å²) in [4.78, 5) is 21.3. The second-order valence-electron chi connectivity index (χ2n) is 4.17. The van der Waals surface area contributed by atoms with Crippen molar-refractivity contribution in [2.75, 3.05) is 5.32 Å². The Morgan fingerprint density at radius 3 is 2.85 bits per heavy atom. The van der Waals surface area contributed by atoms with Crippen molar-refractivity contribution in [2.24, 2.45) is 7.05 Å². The van der Waals surface area contributed by atoms with E-state index in [1.54, 1.807) is 24.1 Å². The Hall–Kier alpha value is -2.90. The lowest BCUT2D eigenvalue weighted by Gasteiger charge is -2.06. The summed E-state index contributed by atoms with van der Waals surface area (Å²) in [5, 5.41) is 26.7. The van der Waals surface area contributed by atoms with Gasteiger partial charge < -0.3 is 10.4 Å². The first kappa shape index (κ1) is 13.5. The van der Waals surface area contributed by atoms with E-state index in [1.165, 1.54) is 18.2 Å². The topological polar surface area (TPSA) is 110 Å². The van der Waals surface area contributed by atoms with E-state index < -0.39 is 10.9 Å². The fourth-order valence-electron chi connectivity index (χ4n) is 1.73. The molecule has 0 atom stereocenters. The fourth-order valence-corrected chi connectivity index (χ4v) is 1.73. The number of nitrogens with one attached hydrogen (secondary N) is 1. The number of aryl methyl sites for hydroxylation is 1. The number of nitrogens with zero attached hydrogens (tertiary/aromatic N) is 3. The predicted octanol–water partition coefficient (Wildman–Crippen LogP) is 1.64. The minimum absolute atomic E-state index is 0.00992. The summed E-state index contributed by atoms with van der Waals surface area (Å²) in [6.45, 7) is 0.317. The molecule has 0 fully saturated rings. The van der Waals surface area contributed by atoms with Gasteiger partial charge in [-0.05, 0) is 12.1 Å². The van der Waals surface area contributed by atoms with Crippen LogP contribution in [0.3, 0.4) is 0 Å². The summed E-state index contributed by atoms with van der Waals surface area (Å²) in [5.41, 5.74) is 0.824. The third-order valence-corrected chi connectivity index (χ3v) is 2.68. The zero-order valence-corrected chi connectivity index (χ0v) is 10.6. The number of nitro groups is 1. The van der Waals surface area contributed by atoms with E-state index in [0.29, 0.717) is 6.54 Å². The van der Waals surface area contributed by atoms with Gasteiger partial charge in [0, 0.05) is 31.4 Å². The molecule has 0 saturated carbocycles. The number of aromatic nitrogens is 2. The monoisotopic (exact) mass is 276 g/mol. The maximum Gasteiger partial charge on any atom is 0.335 e. The molecule has 1 heterocycles. The summed E-state index contributed by atoms with van der Waals surface area (Å²) in [6.07, 6.45) is 3.39. The Kier molecular flexibility index (Phi) is 3.65. The highest BCUT2D eigenvalue weighted by Crippen LogP contribution is 2.26. The van der Waals surface area contributed by atoms with E-state index in [1.807, 2.05) is 0 Å². The molecule has 0 saturated heterocycles.